The van der Waals surface area contributed by atoms with E-state index in [0.29, 0.717) is 19.0 Å². The smallest absolute Gasteiger partial charge is 0.410 e. The Morgan fingerprint density at radius 3 is 2.67 bits per heavy atom. The summed E-state index contributed by atoms with van der Waals surface area (Å²) in [6, 6.07) is -0.468. The fourth-order valence-corrected chi connectivity index (χ4v) is 3.80. The monoisotopic (exact) mass is 339 g/mol. The lowest BCUT2D eigenvalue weighted by Crippen LogP contribution is -2.49. The molecule has 2 amide bonds. The second kappa shape index (κ2) is 8.67. The number of ether oxygens (including phenoxy) is 2. The lowest BCUT2D eigenvalue weighted by molar-refractivity contribution is -0.125. The zero-order valence-electron chi connectivity index (χ0n) is 14.4. The summed E-state index contributed by atoms with van der Waals surface area (Å²) in [4.78, 5) is 28.4. The van der Waals surface area contributed by atoms with Crippen LogP contribution in [0, 0.1) is 5.92 Å². The average Bonchev–Trinajstić information content (AvgIpc) is 2.97. The maximum Gasteiger partial charge on any atom is 0.410 e. The molecule has 0 unspecified atom stereocenters. The highest BCUT2D eigenvalue weighted by atomic mass is 16.6. The van der Waals surface area contributed by atoms with E-state index in [0.717, 1.165) is 45.7 Å². The predicted molar refractivity (Wildman–Crippen MR) is 88.7 cm³/mol. The molecule has 2 aliphatic heterocycles. The summed E-state index contributed by atoms with van der Waals surface area (Å²) in [6.07, 6.45) is 5.69. The molecule has 7 nitrogen and oxygen atoms in total. The first-order valence-electron chi connectivity index (χ1n) is 9.25. The minimum absolute atomic E-state index is 0.0927. The zero-order chi connectivity index (χ0) is 16.8. The second-order valence-electron chi connectivity index (χ2n) is 6.99. The fourth-order valence-electron chi connectivity index (χ4n) is 3.80. The van der Waals surface area contributed by atoms with Gasteiger partial charge in [0.05, 0.1) is 13.2 Å². The van der Waals surface area contributed by atoms with Gasteiger partial charge in [0.15, 0.2) is 0 Å². The Balaban J connectivity index is 1.44. The Labute approximate surface area is 143 Å². The van der Waals surface area contributed by atoms with Crippen molar-refractivity contribution in [2.24, 2.45) is 5.92 Å². The Bertz CT molecular complexity index is 434. The molecule has 1 saturated carbocycles. The van der Waals surface area contributed by atoms with Crippen LogP contribution in [0.25, 0.3) is 0 Å². The van der Waals surface area contributed by atoms with E-state index in [2.05, 4.69) is 10.2 Å². The van der Waals surface area contributed by atoms with Crippen LogP contribution < -0.4 is 5.32 Å². The molecule has 3 aliphatic rings. The predicted octanol–water partition coefficient (Wildman–Crippen LogP) is 0.836. The number of morpholine rings is 1. The van der Waals surface area contributed by atoms with Crippen LogP contribution in [0.4, 0.5) is 4.79 Å². The Morgan fingerprint density at radius 2 is 1.92 bits per heavy atom. The van der Waals surface area contributed by atoms with E-state index < -0.39 is 6.04 Å². The molecule has 0 radical (unpaired) electrons. The number of amides is 2. The van der Waals surface area contributed by atoms with Crippen LogP contribution in [0.1, 0.15) is 32.1 Å². The minimum atomic E-state index is -0.468. The van der Waals surface area contributed by atoms with Crippen LogP contribution in [-0.2, 0) is 14.3 Å². The van der Waals surface area contributed by atoms with Gasteiger partial charge < -0.3 is 14.8 Å². The van der Waals surface area contributed by atoms with Gasteiger partial charge in [-0.05, 0) is 18.8 Å². The number of hydrogen-bond donors (Lipinski definition) is 1. The highest BCUT2D eigenvalue weighted by Crippen LogP contribution is 2.26. The SMILES string of the molecule is O=C(NCCN1CCOCC1)[C@@H]1COC(=O)N1CC1CCCCC1. The molecule has 0 aromatic heterocycles. The van der Waals surface area contributed by atoms with Gasteiger partial charge in [0.1, 0.15) is 12.6 Å². The molecule has 0 aromatic rings. The van der Waals surface area contributed by atoms with Gasteiger partial charge in [0.25, 0.3) is 0 Å². The zero-order valence-corrected chi connectivity index (χ0v) is 14.4. The summed E-state index contributed by atoms with van der Waals surface area (Å²) in [6.45, 7) is 5.58. The van der Waals surface area contributed by atoms with E-state index in [9.17, 15) is 9.59 Å². The van der Waals surface area contributed by atoms with Crippen molar-refractivity contribution in [3.63, 3.8) is 0 Å². The summed E-state index contributed by atoms with van der Waals surface area (Å²) in [5.74, 6) is 0.415. The maximum atomic E-state index is 12.5. The van der Waals surface area contributed by atoms with Gasteiger partial charge in [0, 0.05) is 32.7 Å². The van der Waals surface area contributed by atoms with Crippen LogP contribution in [0.15, 0.2) is 0 Å². The summed E-state index contributed by atoms with van der Waals surface area (Å²) in [5, 5.41) is 2.96. The van der Waals surface area contributed by atoms with Crippen molar-refractivity contribution in [1.82, 2.24) is 15.1 Å². The number of nitrogens with one attached hydrogen (secondary N) is 1. The van der Waals surface area contributed by atoms with Gasteiger partial charge in [-0.2, -0.15) is 0 Å². The Hall–Kier alpha value is -1.34. The van der Waals surface area contributed by atoms with Crippen LogP contribution in [0.3, 0.4) is 0 Å². The molecule has 0 aromatic carbocycles. The van der Waals surface area contributed by atoms with E-state index >= 15 is 0 Å². The van der Waals surface area contributed by atoms with Gasteiger partial charge in [-0.3, -0.25) is 14.6 Å². The highest BCUT2D eigenvalue weighted by Gasteiger charge is 2.39. The molecule has 0 spiro atoms. The van der Waals surface area contributed by atoms with Crippen molar-refractivity contribution in [1.29, 1.82) is 0 Å². The molecule has 1 N–H and O–H groups in total. The number of carbonyl (C=O) groups excluding carboxylic acids is 2. The average molecular weight is 339 g/mol. The van der Waals surface area contributed by atoms with Crippen molar-refractivity contribution in [3.8, 4) is 0 Å². The molecule has 2 saturated heterocycles. The summed E-state index contributed by atoms with van der Waals surface area (Å²) >= 11 is 0. The van der Waals surface area contributed by atoms with Crippen molar-refractivity contribution < 1.29 is 19.1 Å². The van der Waals surface area contributed by atoms with Crippen LogP contribution in [0.2, 0.25) is 0 Å². The van der Waals surface area contributed by atoms with Gasteiger partial charge >= 0.3 is 6.09 Å². The van der Waals surface area contributed by atoms with Crippen molar-refractivity contribution in [2.75, 3.05) is 52.5 Å². The van der Waals surface area contributed by atoms with Gasteiger partial charge in [0.2, 0.25) is 5.91 Å². The van der Waals surface area contributed by atoms with Crippen molar-refractivity contribution >= 4 is 12.0 Å². The summed E-state index contributed by atoms with van der Waals surface area (Å²) in [5.41, 5.74) is 0. The van der Waals surface area contributed by atoms with Gasteiger partial charge in [-0.25, -0.2) is 4.79 Å². The third-order valence-electron chi connectivity index (χ3n) is 5.29. The lowest BCUT2D eigenvalue weighted by atomic mass is 9.89. The third-order valence-corrected chi connectivity index (χ3v) is 5.29. The first kappa shape index (κ1) is 17.5. The van der Waals surface area contributed by atoms with E-state index in [1.807, 2.05) is 0 Å². The maximum absolute atomic E-state index is 12.5. The van der Waals surface area contributed by atoms with E-state index in [1.54, 1.807) is 4.90 Å². The van der Waals surface area contributed by atoms with Crippen molar-refractivity contribution in [2.45, 2.75) is 38.1 Å². The van der Waals surface area contributed by atoms with Crippen LogP contribution in [0.5, 0.6) is 0 Å². The quantitative estimate of drug-likeness (QED) is 0.776. The molecule has 2 heterocycles. The largest absolute Gasteiger partial charge is 0.447 e. The topological polar surface area (TPSA) is 71.1 Å². The molecular weight excluding hydrogens is 310 g/mol. The molecule has 1 atom stereocenters. The molecule has 0 bridgehead atoms. The molecule has 24 heavy (non-hydrogen) atoms. The number of hydrogen-bond acceptors (Lipinski definition) is 5. The first-order chi connectivity index (χ1) is 11.7. The normalized spacial score (nSPS) is 26.4. The fraction of sp³-hybridized carbons (Fsp3) is 0.882. The van der Waals surface area contributed by atoms with Gasteiger partial charge in [-0.15, -0.1) is 0 Å². The number of nitrogens with zero attached hydrogens (tertiary/aromatic N) is 2. The highest BCUT2D eigenvalue weighted by molar-refractivity contribution is 5.87. The number of cyclic esters (lactones) is 1. The standard InChI is InChI=1S/C17H29N3O4/c21-16(18-6-7-19-8-10-23-11-9-19)15-13-24-17(22)20(15)12-14-4-2-1-3-5-14/h14-15H,1-13H2,(H,18,21)/t15-/m0/s1. The Kier molecular flexibility index (Phi) is 6.31. The van der Waals surface area contributed by atoms with Crippen LogP contribution in [-0.4, -0.2) is 80.4 Å². The lowest BCUT2D eigenvalue weighted by Gasteiger charge is -2.29. The van der Waals surface area contributed by atoms with Gasteiger partial charge in [-0.1, -0.05) is 19.3 Å². The molecule has 136 valence electrons. The minimum Gasteiger partial charge on any atom is -0.447 e. The van der Waals surface area contributed by atoms with E-state index in [4.69, 9.17) is 9.47 Å². The van der Waals surface area contributed by atoms with E-state index in [-0.39, 0.29) is 18.6 Å². The molecular formula is C17H29N3O4. The molecule has 7 heteroatoms. The Morgan fingerprint density at radius 1 is 1.17 bits per heavy atom. The molecule has 3 rings (SSSR count). The third kappa shape index (κ3) is 4.60. The van der Waals surface area contributed by atoms with E-state index in [1.165, 1.54) is 19.3 Å². The summed E-state index contributed by atoms with van der Waals surface area (Å²) < 4.78 is 10.5. The first-order valence-corrected chi connectivity index (χ1v) is 9.25. The van der Waals surface area contributed by atoms with Crippen molar-refractivity contribution in [3.05, 3.63) is 0 Å². The molecule has 3 fully saturated rings. The number of carbonyl (C=O) groups is 2. The molecule has 1 aliphatic carbocycles. The van der Waals surface area contributed by atoms with Crippen LogP contribution >= 0.6 is 0 Å². The number of rotatable bonds is 6. The summed E-state index contributed by atoms with van der Waals surface area (Å²) in [7, 11) is 0. The second-order valence-corrected chi connectivity index (χ2v) is 6.99.